The molecule has 3 aromatic carbocycles. The van der Waals surface area contributed by atoms with Crippen LogP contribution in [0.2, 0.25) is 5.02 Å². The van der Waals surface area contributed by atoms with Gasteiger partial charge in [-0.05, 0) is 48.0 Å². The maximum atomic E-state index is 13.4. The van der Waals surface area contributed by atoms with Gasteiger partial charge in [0, 0.05) is 5.69 Å². The minimum atomic E-state index is -0.597. The number of anilines is 1. The molecule has 31 heavy (non-hydrogen) atoms. The fourth-order valence-corrected chi connectivity index (χ4v) is 3.55. The number of fused-ring (bicyclic) bond motifs is 1. The zero-order valence-electron chi connectivity index (χ0n) is 16.3. The molecule has 0 saturated heterocycles. The molecule has 1 heterocycles. The average Bonchev–Trinajstić information content (AvgIpc) is 3.01. The molecule has 0 bridgehead atoms. The summed E-state index contributed by atoms with van der Waals surface area (Å²) in [4.78, 5) is 39.2. The van der Waals surface area contributed by atoms with Gasteiger partial charge in [-0.1, -0.05) is 29.8 Å². The third-order valence-corrected chi connectivity index (χ3v) is 5.19. The number of hydrogen-bond acceptors (Lipinski definition) is 4. The van der Waals surface area contributed by atoms with Crippen LogP contribution in [-0.2, 0) is 6.54 Å². The molecule has 1 aliphatic rings. The Bertz CT molecular complexity index is 1190. The van der Waals surface area contributed by atoms with E-state index in [-0.39, 0.29) is 28.9 Å². The van der Waals surface area contributed by atoms with E-state index in [0.29, 0.717) is 28.1 Å². The van der Waals surface area contributed by atoms with Crippen LogP contribution >= 0.6 is 11.6 Å². The minimum absolute atomic E-state index is 0.000995. The number of ether oxygens (including phenoxy) is 1. The SMILES string of the molecule is COc1ccc(CN2C(=O)c3ccccc3C2=O)cc1C(=O)Nc1ccc(F)c(Cl)c1. The highest BCUT2D eigenvalue weighted by molar-refractivity contribution is 6.31. The van der Waals surface area contributed by atoms with Crippen molar-refractivity contribution in [2.75, 3.05) is 12.4 Å². The monoisotopic (exact) mass is 438 g/mol. The molecule has 0 saturated carbocycles. The number of rotatable bonds is 5. The molecule has 0 atom stereocenters. The molecule has 4 rings (SSSR count). The van der Waals surface area contributed by atoms with E-state index < -0.39 is 11.7 Å². The Morgan fingerprint density at radius 3 is 2.32 bits per heavy atom. The van der Waals surface area contributed by atoms with Crippen LogP contribution in [-0.4, -0.2) is 29.7 Å². The number of carbonyl (C=O) groups excluding carboxylic acids is 3. The molecule has 1 aliphatic heterocycles. The summed E-state index contributed by atoms with van der Waals surface area (Å²) in [6.07, 6.45) is 0. The number of hydrogen-bond donors (Lipinski definition) is 1. The van der Waals surface area contributed by atoms with Crippen LogP contribution in [0.1, 0.15) is 36.6 Å². The second kappa shape index (κ2) is 8.20. The first-order chi connectivity index (χ1) is 14.9. The quantitative estimate of drug-likeness (QED) is 0.593. The summed E-state index contributed by atoms with van der Waals surface area (Å²) in [6, 6.07) is 15.2. The van der Waals surface area contributed by atoms with Crippen LogP contribution in [0.4, 0.5) is 10.1 Å². The van der Waals surface area contributed by atoms with Gasteiger partial charge in [0.05, 0.1) is 35.4 Å². The molecule has 0 fully saturated rings. The zero-order valence-corrected chi connectivity index (χ0v) is 17.1. The summed E-state index contributed by atoms with van der Waals surface area (Å²) in [5.41, 5.74) is 1.78. The second-order valence-electron chi connectivity index (χ2n) is 6.86. The van der Waals surface area contributed by atoms with Gasteiger partial charge in [-0.25, -0.2) is 4.39 Å². The molecule has 0 unspecified atom stereocenters. The minimum Gasteiger partial charge on any atom is -0.496 e. The lowest BCUT2D eigenvalue weighted by molar-refractivity contribution is 0.0642. The fourth-order valence-electron chi connectivity index (χ4n) is 3.37. The van der Waals surface area contributed by atoms with Gasteiger partial charge in [-0.2, -0.15) is 0 Å². The molecular weight excluding hydrogens is 423 g/mol. The van der Waals surface area contributed by atoms with E-state index in [9.17, 15) is 18.8 Å². The number of carbonyl (C=O) groups is 3. The predicted octanol–water partition coefficient (Wildman–Crippen LogP) is 4.54. The van der Waals surface area contributed by atoms with E-state index in [1.54, 1.807) is 42.5 Å². The summed E-state index contributed by atoms with van der Waals surface area (Å²) >= 11 is 5.77. The van der Waals surface area contributed by atoms with Crippen LogP contribution < -0.4 is 10.1 Å². The fraction of sp³-hybridized carbons (Fsp3) is 0.0870. The predicted molar refractivity (Wildman–Crippen MR) is 113 cm³/mol. The van der Waals surface area contributed by atoms with Crippen molar-refractivity contribution in [3.8, 4) is 5.75 Å². The Kier molecular flexibility index (Phi) is 5.44. The molecule has 0 aliphatic carbocycles. The smallest absolute Gasteiger partial charge is 0.261 e. The lowest BCUT2D eigenvalue weighted by Gasteiger charge is -2.16. The highest BCUT2D eigenvalue weighted by Crippen LogP contribution is 2.27. The third-order valence-electron chi connectivity index (χ3n) is 4.90. The molecule has 0 spiro atoms. The number of benzene rings is 3. The first-order valence-electron chi connectivity index (χ1n) is 9.27. The number of amides is 3. The van der Waals surface area contributed by atoms with Crippen LogP contribution in [0.15, 0.2) is 60.7 Å². The Morgan fingerprint density at radius 2 is 1.71 bits per heavy atom. The first kappa shape index (κ1) is 20.6. The lowest BCUT2D eigenvalue weighted by atomic mass is 10.1. The zero-order chi connectivity index (χ0) is 22.1. The first-order valence-corrected chi connectivity index (χ1v) is 9.65. The standard InChI is InChI=1S/C23H16ClFN2O4/c1-31-20-9-6-13(12-27-22(29)15-4-2-3-5-16(15)23(27)30)10-17(20)21(28)26-14-7-8-19(25)18(24)11-14/h2-11H,12H2,1H3,(H,26,28). The lowest BCUT2D eigenvalue weighted by Crippen LogP contribution is -2.29. The summed E-state index contributed by atoms with van der Waals surface area (Å²) in [5, 5.41) is 2.51. The molecule has 0 radical (unpaired) electrons. The Hall–Kier alpha value is -3.71. The molecule has 8 heteroatoms. The Balaban J connectivity index is 1.59. The second-order valence-corrected chi connectivity index (χ2v) is 7.27. The van der Waals surface area contributed by atoms with Crippen LogP contribution in [0.5, 0.6) is 5.75 Å². The van der Waals surface area contributed by atoms with Gasteiger partial charge < -0.3 is 10.1 Å². The molecule has 3 aromatic rings. The van der Waals surface area contributed by atoms with Crippen molar-refractivity contribution in [1.82, 2.24) is 4.90 Å². The van der Waals surface area contributed by atoms with Crippen molar-refractivity contribution in [2.24, 2.45) is 0 Å². The van der Waals surface area contributed by atoms with E-state index in [4.69, 9.17) is 16.3 Å². The largest absolute Gasteiger partial charge is 0.496 e. The van der Waals surface area contributed by atoms with E-state index in [1.165, 1.54) is 19.2 Å². The van der Waals surface area contributed by atoms with Gasteiger partial charge in [-0.15, -0.1) is 0 Å². The van der Waals surface area contributed by atoms with Crippen LogP contribution in [0.3, 0.4) is 0 Å². The number of methoxy groups -OCH3 is 1. The van der Waals surface area contributed by atoms with Gasteiger partial charge in [0.2, 0.25) is 0 Å². The molecule has 0 aromatic heterocycles. The topological polar surface area (TPSA) is 75.7 Å². The van der Waals surface area contributed by atoms with Gasteiger partial charge in [0.25, 0.3) is 17.7 Å². The number of nitrogens with zero attached hydrogens (tertiary/aromatic N) is 1. The third kappa shape index (κ3) is 3.87. The molecular formula is C23H16ClFN2O4. The summed E-state index contributed by atoms with van der Waals surface area (Å²) in [5.74, 6) is -1.58. The van der Waals surface area contributed by atoms with Crippen molar-refractivity contribution < 1.29 is 23.5 Å². The maximum Gasteiger partial charge on any atom is 0.261 e. The number of nitrogens with one attached hydrogen (secondary N) is 1. The van der Waals surface area contributed by atoms with E-state index in [0.717, 1.165) is 11.0 Å². The van der Waals surface area contributed by atoms with Gasteiger partial charge in [0.15, 0.2) is 0 Å². The van der Waals surface area contributed by atoms with Crippen molar-refractivity contribution in [3.05, 3.63) is 93.8 Å². The van der Waals surface area contributed by atoms with E-state index in [1.807, 2.05) is 0 Å². The molecule has 1 N–H and O–H groups in total. The highest BCUT2D eigenvalue weighted by Gasteiger charge is 2.35. The molecule has 6 nitrogen and oxygen atoms in total. The van der Waals surface area contributed by atoms with E-state index >= 15 is 0 Å². The van der Waals surface area contributed by atoms with Crippen molar-refractivity contribution in [3.63, 3.8) is 0 Å². The van der Waals surface area contributed by atoms with E-state index in [2.05, 4.69) is 5.32 Å². The van der Waals surface area contributed by atoms with Crippen molar-refractivity contribution in [2.45, 2.75) is 6.54 Å². The number of imide groups is 1. The average molecular weight is 439 g/mol. The summed E-state index contributed by atoms with van der Waals surface area (Å²) in [6.45, 7) is -0.000995. The summed E-state index contributed by atoms with van der Waals surface area (Å²) < 4.78 is 18.6. The molecule has 3 amide bonds. The van der Waals surface area contributed by atoms with Crippen molar-refractivity contribution in [1.29, 1.82) is 0 Å². The Morgan fingerprint density at radius 1 is 1.03 bits per heavy atom. The summed E-state index contributed by atoms with van der Waals surface area (Å²) in [7, 11) is 1.42. The Labute approximate surface area is 182 Å². The maximum absolute atomic E-state index is 13.4. The highest BCUT2D eigenvalue weighted by atomic mass is 35.5. The van der Waals surface area contributed by atoms with Crippen LogP contribution in [0, 0.1) is 5.82 Å². The van der Waals surface area contributed by atoms with Gasteiger partial charge in [0.1, 0.15) is 11.6 Å². The normalized spacial score (nSPS) is 12.7. The van der Waals surface area contributed by atoms with Crippen molar-refractivity contribution >= 4 is 35.0 Å². The van der Waals surface area contributed by atoms with Gasteiger partial charge in [-0.3, -0.25) is 19.3 Å². The molecule has 156 valence electrons. The number of halogens is 2. The van der Waals surface area contributed by atoms with Gasteiger partial charge >= 0.3 is 0 Å². The van der Waals surface area contributed by atoms with Crippen LogP contribution in [0.25, 0.3) is 0 Å².